The number of nitrogens with two attached hydrogens (primary N) is 3. The van der Waals surface area contributed by atoms with E-state index >= 15 is 14.4 Å². The number of primary amides is 2. The van der Waals surface area contributed by atoms with E-state index in [0.29, 0.717) is 16.7 Å². The van der Waals surface area contributed by atoms with Crippen molar-refractivity contribution in [1.82, 2.24) is 67.7 Å². The van der Waals surface area contributed by atoms with Crippen LogP contribution in [0.2, 0.25) is 0 Å². The van der Waals surface area contributed by atoms with Gasteiger partial charge in [-0.05, 0) is 85.7 Å². The number of aliphatic hydroxyl groups excluding tert-OH is 4. The number of aromatic nitrogens is 3. The maximum Gasteiger partial charge on any atom is 0.246 e. The molecule has 3 fully saturated rings. The van der Waals surface area contributed by atoms with E-state index in [4.69, 9.17) is 21.9 Å². The average Bonchev–Trinajstić information content (AvgIpc) is 1.53. The molecule has 20 N–H and O–H groups in total. The number of phenols is 1. The monoisotopic (exact) mass is 1420 g/mol. The van der Waals surface area contributed by atoms with Crippen molar-refractivity contribution >= 4 is 70.9 Å². The van der Waals surface area contributed by atoms with Gasteiger partial charge in [0, 0.05) is 44.8 Å². The molecule has 12 amide bonds. The number of hydrogen-bond donors (Lipinski definition) is 17. The number of phenolic OH excluding ortho intramolecular Hbond substituents is 1. The van der Waals surface area contributed by atoms with E-state index in [1.165, 1.54) is 35.4 Å². The molecule has 4 heterocycles. The number of nitrogens with zero attached hydrogens (tertiary/aromatic N) is 4. The van der Waals surface area contributed by atoms with Crippen LogP contribution >= 0.6 is 0 Å². The van der Waals surface area contributed by atoms with Crippen molar-refractivity contribution in [1.29, 1.82) is 0 Å². The molecule has 3 aliphatic heterocycles. The number of aromatic hydroxyl groups is 1. The van der Waals surface area contributed by atoms with Gasteiger partial charge in [0.1, 0.15) is 90.6 Å². The molecule has 1 unspecified atom stereocenters. The molecule has 34 heteroatoms. The van der Waals surface area contributed by atoms with Gasteiger partial charge in [0.2, 0.25) is 70.9 Å². The van der Waals surface area contributed by atoms with E-state index in [0.717, 1.165) is 4.68 Å². The first-order valence-corrected chi connectivity index (χ1v) is 33.9. The van der Waals surface area contributed by atoms with Crippen LogP contribution in [0.5, 0.6) is 5.75 Å². The van der Waals surface area contributed by atoms with Crippen molar-refractivity contribution in [3.63, 3.8) is 0 Å². The Morgan fingerprint density at radius 1 is 0.549 bits per heavy atom. The third-order valence-electron chi connectivity index (χ3n) is 17.6. The lowest BCUT2D eigenvalue weighted by atomic mass is 9.99. The van der Waals surface area contributed by atoms with Crippen LogP contribution in [0.25, 0.3) is 0 Å². The number of hydrogen-bond acceptors (Lipinski definition) is 21. The van der Waals surface area contributed by atoms with Crippen LogP contribution < -0.4 is 65.1 Å². The summed E-state index contributed by atoms with van der Waals surface area (Å²) < 4.78 is 6.40. The lowest BCUT2D eigenvalue weighted by Gasteiger charge is -2.38. The van der Waals surface area contributed by atoms with Crippen molar-refractivity contribution in [2.24, 2.45) is 29.0 Å². The molecule has 554 valence electrons. The van der Waals surface area contributed by atoms with Crippen LogP contribution in [-0.4, -0.2) is 221 Å². The molecule has 7 rings (SSSR count). The van der Waals surface area contributed by atoms with Crippen molar-refractivity contribution in [3.05, 3.63) is 114 Å². The van der Waals surface area contributed by atoms with Crippen LogP contribution in [0.3, 0.4) is 0 Å². The molecule has 102 heavy (non-hydrogen) atoms. The number of carbonyl (C=O) groups is 12. The Labute approximate surface area is 588 Å². The van der Waals surface area contributed by atoms with E-state index in [2.05, 4.69) is 58.2 Å². The van der Waals surface area contributed by atoms with Gasteiger partial charge in [-0.2, -0.15) is 0 Å². The number of aliphatic hydroxyl groups is 4. The van der Waals surface area contributed by atoms with Crippen LogP contribution in [0.4, 0.5) is 0 Å². The highest BCUT2D eigenvalue weighted by atomic mass is 16.6. The molecule has 4 aromatic rings. The summed E-state index contributed by atoms with van der Waals surface area (Å²) in [7, 11) is 0. The standard InChI is InChI=1S/C68H94N16O18/c1-35(2)27-44-60(93)79-49(30-38-15-9-6-10-16-38)67(100)84-26-12-18-50(84)65(98)78-45(28-37-13-7-5-8-14-37)61(94)76-47(31-40-33-83(82-81-40)34-51-55(88)56(89)57(90)68(101)102-51)62(95)77-48(32-53(71)87)63(96)72-43(23-24-52(70)86)59(92)75-46(29-39-19-21-41(85)22-20-39)64(97)80-54(36(3)4)66(99)73-42(17-11-25-69)58(91)74-44/h5-10,13-16,19-22,33,35-36,42-51,54-57,68,85,88-90,101H,11-12,17-18,23-32,34,69H2,1-4H3,(H2,70,86)(H2,71,87)(H,72,96)(H,73,99)(H,74,91)(H,75,92)(H,76,94)(H,77,95)(H,78,98)(H,79,93)(H,80,97)/t42-,43-,44-,45-,46-,47+,48-,49+,50-,51+,54-,55+,56-,57-,68?/m0/s1. The first kappa shape index (κ1) is 79.3. The highest BCUT2D eigenvalue weighted by Gasteiger charge is 2.45. The quantitative estimate of drug-likeness (QED) is 0.0371. The molecular weight excluding hydrogens is 1330 g/mol. The molecule has 3 aromatic carbocycles. The van der Waals surface area contributed by atoms with Gasteiger partial charge in [0.15, 0.2) is 6.29 Å². The number of ether oxygens (including phenoxy) is 1. The fraction of sp³-hybridized carbons (Fsp3) is 0.529. The summed E-state index contributed by atoms with van der Waals surface area (Å²) in [5.41, 5.74) is 18.5. The Hall–Kier alpha value is -10.0. The molecule has 0 spiro atoms. The largest absolute Gasteiger partial charge is 0.508 e. The Bertz CT molecular complexity index is 3570. The number of fused-ring (bicyclic) bond motifs is 1. The molecule has 0 saturated carbocycles. The third-order valence-corrected chi connectivity index (χ3v) is 17.6. The SMILES string of the molecule is CC(C)C[C@@H]1NC(=O)[C@H](CCCN)NC(=O)[C@H](C(C)C)NC(=O)[C@H](Cc2ccc(O)cc2)NC(=O)[C@H](CCC(N)=O)NC(=O)[C@H](CC(N)=O)NC(=O)[C@@H](Cc2cn(C[C@H]3OC(O)[C@@H](O)[C@@H](O)[C@@H]3O)nn2)NC(=O)[C@H](Cc2ccccc2)NC(=O)[C@@H]2CCCN2C(=O)[C@@H](Cc2ccccc2)NC1=O. The molecule has 3 aliphatic rings. The normalized spacial score (nSPS) is 27.4. The molecule has 34 nitrogen and oxygen atoms in total. The van der Waals surface area contributed by atoms with E-state index in [1.54, 1.807) is 88.4 Å². The number of carbonyl (C=O) groups excluding carboxylic acids is 12. The summed E-state index contributed by atoms with van der Waals surface area (Å²) in [5.74, 6) is -13.0. The van der Waals surface area contributed by atoms with Gasteiger partial charge < -0.3 is 100 Å². The van der Waals surface area contributed by atoms with Crippen LogP contribution in [0.1, 0.15) is 101 Å². The average molecular weight is 1420 g/mol. The second-order valence-corrected chi connectivity index (χ2v) is 26.6. The lowest BCUT2D eigenvalue weighted by Crippen LogP contribution is -2.62. The van der Waals surface area contributed by atoms with Crippen LogP contribution in [0, 0.1) is 11.8 Å². The van der Waals surface area contributed by atoms with Gasteiger partial charge >= 0.3 is 0 Å². The topological polar surface area (TPSA) is 536 Å². The molecule has 3 saturated heterocycles. The summed E-state index contributed by atoms with van der Waals surface area (Å²) in [6.45, 7) is 6.42. The molecule has 0 aliphatic carbocycles. The number of rotatable bonds is 21. The predicted molar refractivity (Wildman–Crippen MR) is 362 cm³/mol. The summed E-state index contributed by atoms with van der Waals surface area (Å²) in [6.07, 6.45) is -10.5. The Morgan fingerprint density at radius 3 is 1.60 bits per heavy atom. The summed E-state index contributed by atoms with van der Waals surface area (Å²) in [4.78, 5) is 175. The molecule has 0 radical (unpaired) electrons. The summed E-state index contributed by atoms with van der Waals surface area (Å²) in [5, 5.41) is 83.5. The predicted octanol–water partition coefficient (Wildman–Crippen LogP) is -5.00. The number of nitrogens with one attached hydrogen (secondary N) is 9. The maximum absolute atomic E-state index is 15.2. The van der Waals surface area contributed by atoms with Gasteiger partial charge in [0.25, 0.3) is 0 Å². The minimum absolute atomic E-state index is 0.00763. The minimum Gasteiger partial charge on any atom is -0.508 e. The highest BCUT2D eigenvalue weighted by Crippen LogP contribution is 2.24. The van der Waals surface area contributed by atoms with Crippen molar-refractivity contribution in [2.75, 3.05) is 13.1 Å². The minimum atomic E-state index is -2.01. The molecule has 15 atom stereocenters. The zero-order valence-corrected chi connectivity index (χ0v) is 57.1. The maximum atomic E-state index is 15.2. The third kappa shape index (κ3) is 23.0. The number of benzene rings is 3. The number of amides is 12. The van der Waals surface area contributed by atoms with Gasteiger partial charge in [-0.3, -0.25) is 57.5 Å². The smallest absolute Gasteiger partial charge is 0.246 e. The van der Waals surface area contributed by atoms with Gasteiger partial charge in [0.05, 0.1) is 18.7 Å². The highest BCUT2D eigenvalue weighted by molar-refractivity contribution is 6.01. The zero-order chi connectivity index (χ0) is 74.5. The van der Waals surface area contributed by atoms with Crippen LogP contribution in [-0.2, 0) is 94.5 Å². The lowest BCUT2D eigenvalue weighted by molar-refractivity contribution is -0.284. The Kier molecular flexibility index (Phi) is 29.2. The fourth-order valence-electron chi connectivity index (χ4n) is 12.1. The summed E-state index contributed by atoms with van der Waals surface area (Å²) in [6, 6.07) is 6.77. The van der Waals surface area contributed by atoms with E-state index in [1.807, 2.05) is 0 Å². The van der Waals surface area contributed by atoms with Crippen molar-refractivity contribution < 1.29 is 87.8 Å². The Morgan fingerprint density at radius 2 is 1.03 bits per heavy atom. The second kappa shape index (κ2) is 37.6. The van der Waals surface area contributed by atoms with Gasteiger partial charge in [-0.1, -0.05) is 106 Å². The first-order valence-electron chi connectivity index (χ1n) is 33.9. The van der Waals surface area contributed by atoms with Crippen molar-refractivity contribution in [3.8, 4) is 5.75 Å². The van der Waals surface area contributed by atoms with Gasteiger partial charge in [-0.25, -0.2) is 4.68 Å². The second-order valence-electron chi connectivity index (χ2n) is 26.6. The molecular formula is C68H94N16O18. The first-order chi connectivity index (χ1) is 48.5. The van der Waals surface area contributed by atoms with Crippen molar-refractivity contribution in [2.45, 2.75) is 202 Å². The summed E-state index contributed by atoms with van der Waals surface area (Å²) >= 11 is 0. The van der Waals surface area contributed by atoms with Crippen LogP contribution in [0.15, 0.2) is 91.1 Å². The fourth-order valence-corrected chi connectivity index (χ4v) is 12.1. The van der Waals surface area contributed by atoms with E-state index in [9.17, 15) is 68.7 Å². The van der Waals surface area contributed by atoms with E-state index in [-0.39, 0.29) is 81.8 Å². The Balaban J connectivity index is 1.33. The zero-order valence-electron chi connectivity index (χ0n) is 57.1. The van der Waals surface area contributed by atoms with Gasteiger partial charge in [-0.15, -0.1) is 5.10 Å². The molecule has 0 bridgehead atoms. The van der Waals surface area contributed by atoms with E-state index < -0.39 is 200 Å². The molecule has 1 aromatic heterocycles.